The number of para-hydroxylation sites is 1. The third kappa shape index (κ3) is 4.42. The van der Waals surface area contributed by atoms with Crippen LogP contribution in [0.2, 0.25) is 0 Å². The van der Waals surface area contributed by atoms with Gasteiger partial charge in [0.1, 0.15) is 24.7 Å². The number of anilines is 1. The quantitative estimate of drug-likeness (QED) is 0.666. The number of nitrogens with two attached hydrogens (primary N) is 1. The van der Waals surface area contributed by atoms with Gasteiger partial charge in [0.2, 0.25) is 0 Å². The number of hydrogen-bond donors (Lipinski definition) is 1. The summed E-state index contributed by atoms with van der Waals surface area (Å²) in [6.07, 6.45) is 0. The zero-order valence-corrected chi connectivity index (χ0v) is 12.9. The van der Waals surface area contributed by atoms with Crippen molar-refractivity contribution in [1.82, 2.24) is 0 Å². The SMILES string of the molecule is CC(C)(C)c1ccc(OCCOc2ccccc2)c(N)c1. The minimum Gasteiger partial charge on any atom is -0.490 e. The Morgan fingerprint density at radius 1 is 0.905 bits per heavy atom. The number of rotatable bonds is 5. The van der Waals surface area contributed by atoms with E-state index in [0.717, 1.165) is 5.75 Å². The fraction of sp³-hybridized carbons (Fsp3) is 0.333. The molecule has 2 aromatic rings. The summed E-state index contributed by atoms with van der Waals surface area (Å²) in [5.74, 6) is 1.55. The molecule has 0 saturated heterocycles. The lowest BCUT2D eigenvalue weighted by molar-refractivity contribution is 0.218. The van der Waals surface area contributed by atoms with Gasteiger partial charge in [0.25, 0.3) is 0 Å². The van der Waals surface area contributed by atoms with Crippen LogP contribution in [0.3, 0.4) is 0 Å². The maximum atomic E-state index is 6.05. The molecule has 3 nitrogen and oxygen atoms in total. The lowest BCUT2D eigenvalue weighted by atomic mass is 9.87. The van der Waals surface area contributed by atoms with Crippen molar-refractivity contribution in [2.24, 2.45) is 0 Å². The summed E-state index contributed by atoms with van der Waals surface area (Å²) >= 11 is 0. The van der Waals surface area contributed by atoms with E-state index in [4.69, 9.17) is 15.2 Å². The number of nitrogen functional groups attached to an aromatic ring is 1. The fourth-order valence-corrected chi connectivity index (χ4v) is 1.97. The predicted molar refractivity (Wildman–Crippen MR) is 87.0 cm³/mol. The second kappa shape index (κ2) is 6.53. The van der Waals surface area contributed by atoms with E-state index in [2.05, 4.69) is 26.8 Å². The van der Waals surface area contributed by atoms with Gasteiger partial charge in [-0.25, -0.2) is 0 Å². The van der Waals surface area contributed by atoms with Crippen LogP contribution in [0, 0.1) is 0 Å². The van der Waals surface area contributed by atoms with Gasteiger partial charge in [-0.3, -0.25) is 0 Å². The molecule has 2 N–H and O–H groups in total. The van der Waals surface area contributed by atoms with Crippen LogP contribution in [-0.4, -0.2) is 13.2 Å². The third-order valence-corrected chi connectivity index (χ3v) is 3.23. The van der Waals surface area contributed by atoms with Crippen LogP contribution in [0.1, 0.15) is 26.3 Å². The smallest absolute Gasteiger partial charge is 0.142 e. The first-order chi connectivity index (χ1) is 9.97. The van der Waals surface area contributed by atoms with Crippen LogP contribution in [0.15, 0.2) is 48.5 Å². The molecule has 0 atom stereocenters. The summed E-state index contributed by atoms with van der Waals surface area (Å²) in [6.45, 7) is 7.44. The minimum absolute atomic E-state index is 0.0864. The summed E-state index contributed by atoms with van der Waals surface area (Å²) in [5.41, 5.74) is 8.00. The summed E-state index contributed by atoms with van der Waals surface area (Å²) < 4.78 is 11.3. The molecule has 112 valence electrons. The largest absolute Gasteiger partial charge is 0.490 e. The van der Waals surface area contributed by atoms with Crippen molar-refractivity contribution < 1.29 is 9.47 Å². The maximum Gasteiger partial charge on any atom is 0.142 e. The van der Waals surface area contributed by atoms with E-state index in [-0.39, 0.29) is 5.41 Å². The standard InChI is InChI=1S/C18H23NO2/c1-18(2,3)14-9-10-17(16(19)13-14)21-12-11-20-15-7-5-4-6-8-15/h4-10,13H,11-12,19H2,1-3H3. The molecular weight excluding hydrogens is 262 g/mol. The highest BCUT2D eigenvalue weighted by atomic mass is 16.5. The van der Waals surface area contributed by atoms with Crippen LogP contribution in [-0.2, 0) is 5.41 Å². The number of benzene rings is 2. The van der Waals surface area contributed by atoms with Gasteiger partial charge in [0.15, 0.2) is 0 Å². The van der Waals surface area contributed by atoms with Crippen LogP contribution in [0.4, 0.5) is 5.69 Å². The maximum absolute atomic E-state index is 6.05. The molecule has 0 fully saturated rings. The van der Waals surface area contributed by atoms with Crippen molar-refractivity contribution in [3.63, 3.8) is 0 Å². The van der Waals surface area contributed by atoms with Crippen LogP contribution >= 0.6 is 0 Å². The fourth-order valence-electron chi connectivity index (χ4n) is 1.97. The topological polar surface area (TPSA) is 44.5 Å². The average Bonchev–Trinajstić information content (AvgIpc) is 2.45. The Kier molecular flexibility index (Phi) is 4.73. The molecule has 21 heavy (non-hydrogen) atoms. The molecule has 0 saturated carbocycles. The molecule has 0 heterocycles. The Morgan fingerprint density at radius 2 is 1.57 bits per heavy atom. The molecule has 0 amide bonds. The first-order valence-electron chi connectivity index (χ1n) is 7.17. The molecule has 0 unspecified atom stereocenters. The van der Waals surface area contributed by atoms with E-state index < -0.39 is 0 Å². The molecule has 2 aromatic carbocycles. The van der Waals surface area contributed by atoms with Crippen molar-refractivity contribution in [3.05, 3.63) is 54.1 Å². The Balaban J connectivity index is 1.86. The van der Waals surface area contributed by atoms with Gasteiger partial charge in [0, 0.05) is 0 Å². The predicted octanol–water partition coefficient (Wildman–Crippen LogP) is 4.02. The van der Waals surface area contributed by atoms with E-state index in [1.165, 1.54) is 5.56 Å². The first kappa shape index (κ1) is 15.2. The van der Waals surface area contributed by atoms with Crippen molar-refractivity contribution in [3.8, 4) is 11.5 Å². The molecule has 0 aliphatic carbocycles. The minimum atomic E-state index is 0.0864. The van der Waals surface area contributed by atoms with E-state index in [0.29, 0.717) is 24.7 Å². The van der Waals surface area contributed by atoms with Gasteiger partial charge in [-0.1, -0.05) is 45.0 Å². The van der Waals surface area contributed by atoms with E-state index in [9.17, 15) is 0 Å². The molecule has 0 aliphatic heterocycles. The Morgan fingerprint density at radius 3 is 2.19 bits per heavy atom. The van der Waals surface area contributed by atoms with Crippen LogP contribution in [0.5, 0.6) is 11.5 Å². The zero-order valence-electron chi connectivity index (χ0n) is 12.9. The molecule has 0 aliphatic rings. The van der Waals surface area contributed by atoms with Crippen molar-refractivity contribution in [2.45, 2.75) is 26.2 Å². The molecule has 0 radical (unpaired) electrons. The van der Waals surface area contributed by atoms with Crippen molar-refractivity contribution in [1.29, 1.82) is 0 Å². The summed E-state index contributed by atoms with van der Waals surface area (Å²) in [7, 11) is 0. The van der Waals surface area contributed by atoms with Gasteiger partial charge < -0.3 is 15.2 Å². The summed E-state index contributed by atoms with van der Waals surface area (Å²) in [5, 5.41) is 0. The highest BCUT2D eigenvalue weighted by molar-refractivity contribution is 5.55. The van der Waals surface area contributed by atoms with E-state index >= 15 is 0 Å². The van der Waals surface area contributed by atoms with Crippen molar-refractivity contribution >= 4 is 5.69 Å². The van der Waals surface area contributed by atoms with Crippen molar-refractivity contribution in [2.75, 3.05) is 18.9 Å². The average molecular weight is 285 g/mol. The highest BCUT2D eigenvalue weighted by Crippen LogP contribution is 2.29. The second-order valence-corrected chi connectivity index (χ2v) is 6.01. The number of hydrogen-bond acceptors (Lipinski definition) is 3. The summed E-state index contributed by atoms with van der Waals surface area (Å²) in [4.78, 5) is 0. The van der Waals surface area contributed by atoms with Gasteiger partial charge in [-0.2, -0.15) is 0 Å². The van der Waals surface area contributed by atoms with Gasteiger partial charge >= 0.3 is 0 Å². The Labute approximate surface area is 126 Å². The molecule has 0 spiro atoms. The zero-order chi connectivity index (χ0) is 15.3. The monoisotopic (exact) mass is 285 g/mol. The molecule has 2 rings (SSSR count). The third-order valence-electron chi connectivity index (χ3n) is 3.23. The van der Waals surface area contributed by atoms with Crippen LogP contribution < -0.4 is 15.2 Å². The second-order valence-electron chi connectivity index (χ2n) is 6.01. The normalized spacial score (nSPS) is 11.2. The van der Waals surface area contributed by atoms with E-state index in [1.54, 1.807) is 0 Å². The summed E-state index contributed by atoms with van der Waals surface area (Å²) in [6, 6.07) is 15.7. The van der Waals surface area contributed by atoms with E-state index in [1.807, 2.05) is 42.5 Å². The molecule has 3 heteroatoms. The molecular formula is C18H23NO2. The number of ether oxygens (including phenoxy) is 2. The van der Waals surface area contributed by atoms with Gasteiger partial charge in [0.05, 0.1) is 5.69 Å². The Hall–Kier alpha value is -2.16. The van der Waals surface area contributed by atoms with Gasteiger partial charge in [-0.15, -0.1) is 0 Å². The first-order valence-corrected chi connectivity index (χ1v) is 7.17. The molecule has 0 bridgehead atoms. The lowest BCUT2D eigenvalue weighted by Crippen LogP contribution is -2.13. The highest BCUT2D eigenvalue weighted by Gasteiger charge is 2.15. The lowest BCUT2D eigenvalue weighted by Gasteiger charge is -2.20. The Bertz CT molecular complexity index is 574. The van der Waals surface area contributed by atoms with Gasteiger partial charge in [-0.05, 0) is 35.2 Å². The van der Waals surface area contributed by atoms with Crippen LogP contribution in [0.25, 0.3) is 0 Å². The molecule has 0 aromatic heterocycles.